The molecule has 0 bridgehead atoms. The maximum absolute atomic E-state index is 10.1. The van der Waals surface area contributed by atoms with Gasteiger partial charge in [-0.3, -0.25) is 0 Å². The quantitative estimate of drug-likeness (QED) is 0.763. The summed E-state index contributed by atoms with van der Waals surface area (Å²) in [6.07, 6.45) is 1.64. The molecule has 100 valence electrons. The topological polar surface area (TPSA) is 38.0 Å². The largest absolute Gasteiger partial charge is 0.504 e. The maximum Gasteiger partial charge on any atom is 0.162 e. The highest BCUT2D eigenvalue weighted by Crippen LogP contribution is 2.28. The first kappa shape index (κ1) is 12.5. The molecule has 0 saturated heterocycles. The lowest BCUT2D eigenvalue weighted by molar-refractivity contribution is 0.477. The van der Waals surface area contributed by atoms with Gasteiger partial charge in [-0.15, -0.1) is 0 Å². The van der Waals surface area contributed by atoms with Gasteiger partial charge in [0.25, 0.3) is 0 Å². The maximum atomic E-state index is 10.1. The predicted octanol–water partition coefficient (Wildman–Crippen LogP) is 3.86. The summed E-state index contributed by atoms with van der Waals surface area (Å²) in [5.74, 6) is 0.190. The molecule has 0 saturated carbocycles. The molecule has 0 fully saturated rings. The van der Waals surface area contributed by atoms with Crippen molar-refractivity contribution in [1.29, 1.82) is 0 Å². The molecule has 20 heavy (non-hydrogen) atoms. The molecule has 0 amide bonds. The number of hydrogen-bond donors (Lipinski definition) is 1. The summed E-state index contributed by atoms with van der Waals surface area (Å²) < 4.78 is 1.71. The number of aryl methyl sites for hydroxylation is 2. The van der Waals surface area contributed by atoms with E-state index in [0.29, 0.717) is 5.69 Å². The van der Waals surface area contributed by atoms with Gasteiger partial charge in [0.15, 0.2) is 5.75 Å². The van der Waals surface area contributed by atoms with Gasteiger partial charge in [-0.2, -0.15) is 5.10 Å². The summed E-state index contributed by atoms with van der Waals surface area (Å²) in [6.45, 7) is 4.07. The average Bonchev–Trinajstić information content (AvgIpc) is 2.82. The van der Waals surface area contributed by atoms with E-state index < -0.39 is 0 Å². The van der Waals surface area contributed by atoms with E-state index in [1.807, 2.05) is 62.4 Å². The highest BCUT2D eigenvalue weighted by Gasteiger charge is 2.11. The number of hydrogen-bond acceptors (Lipinski definition) is 2. The first-order chi connectivity index (χ1) is 9.63. The fourth-order valence-corrected chi connectivity index (χ4v) is 2.18. The van der Waals surface area contributed by atoms with Crippen LogP contribution in [0.2, 0.25) is 0 Å². The monoisotopic (exact) mass is 264 g/mol. The Kier molecular flexibility index (Phi) is 3.03. The highest BCUT2D eigenvalue weighted by atomic mass is 16.3. The second-order valence-electron chi connectivity index (χ2n) is 5.01. The normalized spacial score (nSPS) is 10.7. The van der Waals surface area contributed by atoms with Gasteiger partial charge >= 0.3 is 0 Å². The molecule has 1 heterocycles. The zero-order valence-corrected chi connectivity index (χ0v) is 11.5. The van der Waals surface area contributed by atoms with Gasteiger partial charge in [-0.05, 0) is 31.5 Å². The lowest BCUT2D eigenvalue weighted by Gasteiger charge is -2.02. The number of benzene rings is 2. The van der Waals surface area contributed by atoms with Crippen LogP contribution in [0, 0.1) is 13.8 Å². The van der Waals surface area contributed by atoms with Crippen LogP contribution in [-0.4, -0.2) is 14.9 Å². The van der Waals surface area contributed by atoms with Crippen LogP contribution in [0.25, 0.3) is 16.9 Å². The first-order valence-electron chi connectivity index (χ1n) is 6.56. The molecule has 1 N–H and O–H groups in total. The second kappa shape index (κ2) is 4.85. The van der Waals surface area contributed by atoms with Crippen molar-refractivity contribution in [2.45, 2.75) is 13.8 Å². The van der Waals surface area contributed by atoms with Crippen LogP contribution in [0.1, 0.15) is 11.1 Å². The molecule has 1 aromatic heterocycles. The van der Waals surface area contributed by atoms with Crippen molar-refractivity contribution in [3.05, 3.63) is 65.9 Å². The van der Waals surface area contributed by atoms with E-state index in [4.69, 9.17) is 0 Å². The Bertz CT molecular complexity index is 742. The number of aromatic nitrogens is 2. The molecule has 0 aliphatic carbocycles. The van der Waals surface area contributed by atoms with E-state index in [2.05, 4.69) is 5.10 Å². The van der Waals surface area contributed by atoms with Crippen LogP contribution < -0.4 is 0 Å². The third kappa shape index (κ3) is 2.30. The molecule has 0 unspecified atom stereocenters. The summed E-state index contributed by atoms with van der Waals surface area (Å²) in [7, 11) is 0. The van der Waals surface area contributed by atoms with Crippen molar-refractivity contribution in [2.75, 3.05) is 0 Å². The van der Waals surface area contributed by atoms with Gasteiger partial charge in [0.2, 0.25) is 0 Å². The van der Waals surface area contributed by atoms with E-state index in [1.54, 1.807) is 10.9 Å². The number of aromatic hydroxyl groups is 1. The van der Waals surface area contributed by atoms with E-state index in [9.17, 15) is 5.11 Å². The van der Waals surface area contributed by atoms with Gasteiger partial charge in [0.05, 0.1) is 11.9 Å². The van der Waals surface area contributed by atoms with E-state index >= 15 is 0 Å². The van der Waals surface area contributed by atoms with E-state index in [-0.39, 0.29) is 5.75 Å². The number of rotatable bonds is 2. The minimum atomic E-state index is 0.190. The Hall–Kier alpha value is -2.55. The molecular formula is C17H16N2O. The minimum Gasteiger partial charge on any atom is -0.504 e. The van der Waals surface area contributed by atoms with Gasteiger partial charge in [0, 0.05) is 5.56 Å². The van der Waals surface area contributed by atoms with Crippen molar-refractivity contribution in [3.63, 3.8) is 0 Å². The Morgan fingerprint density at radius 1 is 0.950 bits per heavy atom. The summed E-state index contributed by atoms with van der Waals surface area (Å²) in [6, 6.07) is 16.0. The third-order valence-corrected chi connectivity index (χ3v) is 3.29. The van der Waals surface area contributed by atoms with Crippen molar-refractivity contribution in [1.82, 2.24) is 9.78 Å². The van der Waals surface area contributed by atoms with E-state index in [0.717, 1.165) is 16.8 Å². The zero-order chi connectivity index (χ0) is 14.1. The van der Waals surface area contributed by atoms with Crippen LogP contribution in [0.5, 0.6) is 5.75 Å². The first-order valence-corrected chi connectivity index (χ1v) is 6.56. The predicted molar refractivity (Wildman–Crippen MR) is 80.1 cm³/mol. The van der Waals surface area contributed by atoms with Crippen molar-refractivity contribution in [3.8, 4) is 22.7 Å². The van der Waals surface area contributed by atoms with Crippen molar-refractivity contribution >= 4 is 0 Å². The fraction of sp³-hybridized carbons (Fsp3) is 0.118. The lowest BCUT2D eigenvalue weighted by Crippen LogP contribution is -1.95. The second-order valence-corrected chi connectivity index (χ2v) is 5.01. The molecule has 3 aromatic rings. The van der Waals surface area contributed by atoms with Crippen LogP contribution in [0.15, 0.2) is 54.7 Å². The van der Waals surface area contributed by atoms with Gasteiger partial charge in [-0.25, -0.2) is 4.68 Å². The van der Waals surface area contributed by atoms with Crippen molar-refractivity contribution in [2.24, 2.45) is 0 Å². The summed E-state index contributed by atoms with van der Waals surface area (Å²) >= 11 is 0. The fourth-order valence-electron chi connectivity index (χ4n) is 2.18. The SMILES string of the molecule is Cc1ccc(-c2nn(-c3cccc(C)c3)cc2O)cc1. The Balaban J connectivity index is 2.05. The summed E-state index contributed by atoms with van der Waals surface area (Å²) in [4.78, 5) is 0. The third-order valence-electron chi connectivity index (χ3n) is 3.29. The van der Waals surface area contributed by atoms with Crippen LogP contribution in [0.4, 0.5) is 0 Å². The molecule has 3 rings (SSSR count). The standard InChI is InChI=1S/C17H16N2O/c1-12-6-8-14(9-7-12)17-16(20)11-19(18-17)15-5-3-4-13(2)10-15/h3-11,20H,1-2H3. The summed E-state index contributed by atoms with van der Waals surface area (Å²) in [5.41, 5.74) is 4.81. The zero-order valence-electron chi connectivity index (χ0n) is 11.5. The van der Waals surface area contributed by atoms with E-state index in [1.165, 1.54) is 5.56 Å². The molecule has 0 radical (unpaired) electrons. The van der Waals surface area contributed by atoms with Crippen LogP contribution in [0.3, 0.4) is 0 Å². The Morgan fingerprint density at radius 3 is 2.40 bits per heavy atom. The molecular weight excluding hydrogens is 248 g/mol. The molecule has 0 atom stereocenters. The summed E-state index contributed by atoms with van der Waals surface area (Å²) in [5, 5.41) is 14.6. The van der Waals surface area contributed by atoms with Gasteiger partial charge in [0.1, 0.15) is 5.69 Å². The average molecular weight is 264 g/mol. The molecule has 3 heteroatoms. The van der Waals surface area contributed by atoms with Gasteiger partial charge in [-0.1, -0.05) is 42.0 Å². The molecule has 0 aliphatic heterocycles. The smallest absolute Gasteiger partial charge is 0.162 e. The molecule has 0 spiro atoms. The molecule has 0 aliphatic rings. The molecule has 3 nitrogen and oxygen atoms in total. The minimum absolute atomic E-state index is 0.190. The van der Waals surface area contributed by atoms with Crippen LogP contribution >= 0.6 is 0 Å². The Labute approximate surface area is 118 Å². The number of nitrogens with zero attached hydrogens (tertiary/aromatic N) is 2. The van der Waals surface area contributed by atoms with Gasteiger partial charge < -0.3 is 5.11 Å². The van der Waals surface area contributed by atoms with Crippen LogP contribution in [-0.2, 0) is 0 Å². The Morgan fingerprint density at radius 2 is 1.70 bits per heavy atom. The highest BCUT2D eigenvalue weighted by molar-refractivity contribution is 5.66. The molecule has 2 aromatic carbocycles. The lowest BCUT2D eigenvalue weighted by atomic mass is 10.1. The van der Waals surface area contributed by atoms with Crippen molar-refractivity contribution < 1.29 is 5.11 Å².